The van der Waals surface area contributed by atoms with Crippen LogP contribution in [0.5, 0.6) is 5.75 Å². The van der Waals surface area contributed by atoms with Crippen LogP contribution in [0, 0.1) is 15.9 Å². The molecule has 0 unspecified atom stereocenters. The van der Waals surface area contributed by atoms with Crippen molar-refractivity contribution in [3.05, 3.63) is 85.6 Å². The Labute approximate surface area is 209 Å². The number of nitro groups is 1. The third-order valence-electron chi connectivity index (χ3n) is 5.65. The van der Waals surface area contributed by atoms with E-state index in [1.165, 1.54) is 24.4 Å². The Kier molecular flexibility index (Phi) is 6.97. The number of nitrogens with zero attached hydrogens (tertiary/aromatic N) is 6. The Hall–Kier alpha value is -3.60. The molecule has 3 aromatic heterocycles. The molecule has 0 saturated heterocycles. The molecule has 3 heterocycles. The fraction of sp³-hybridized carbons (Fsp3) is 0.292. The van der Waals surface area contributed by atoms with E-state index in [-0.39, 0.29) is 5.75 Å². The quantitative estimate of drug-likeness (QED) is 0.220. The summed E-state index contributed by atoms with van der Waals surface area (Å²) in [7, 11) is 3.73. The maximum absolute atomic E-state index is 14.4. The molecular formula is C24H24BrFN6O3. The molecule has 4 rings (SSSR count). The van der Waals surface area contributed by atoms with Crippen LogP contribution in [0.1, 0.15) is 42.5 Å². The van der Waals surface area contributed by atoms with Gasteiger partial charge >= 0.3 is 5.82 Å². The zero-order valence-corrected chi connectivity index (χ0v) is 21.3. The van der Waals surface area contributed by atoms with Gasteiger partial charge in [0.25, 0.3) is 0 Å². The number of aryl methyl sites for hydroxylation is 3. The number of halogens is 2. The second kappa shape index (κ2) is 9.95. The van der Waals surface area contributed by atoms with Crippen LogP contribution < -0.4 is 4.74 Å². The van der Waals surface area contributed by atoms with Gasteiger partial charge < -0.3 is 14.9 Å². The minimum Gasteiger partial charge on any atom is -0.478 e. The molecule has 35 heavy (non-hydrogen) atoms. The highest BCUT2D eigenvalue weighted by Gasteiger charge is 2.24. The van der Waals surface area contributed by atoms with Gasteiger partial charge in [-0.2, -0.15) is 10.2 Å². The Balaban J connectivity index is 1.74. The van der Waals surface area contributed by atoms with Gasteiger partial charge in [-0.05, 0) is 63.4 Å². The van der Waals surface area contributed by atoms with Gasteiger partial charge in [-0.1, -0.05) is 6.92 Å². The maximum Gasteiger partial charge on any atom is 0.406 e. The topological polar surface area (TPSA) is 101 Å². The number of benzene rings is 1. The average Bonchev–Trinajstić information content (AvgIpc) is 3.35. The van der Waals surface area contributed by atoms with Crippen LogP contribution >= 0.6 is 15.9 Å². The normalized spacial score (nSPS) is 12.1. The molecule has 0 bridgehead atoms. The van der Waals surface area contributed by atoms with E-state index in [9.17, 15) is 14.5 Å². The predicted molar refractivity (Wildman–Crippen MR) is 132 cm³/mol. The highest BCUT2D eigenvalue weighted by molar-refractivity contribution is 9.10. The van der Waals surface area contributed by atoms with Gasteiger partial charge in [-0.25, -0.2) is 4.39 Å². The molecule has 182 valence electrons. The SMILES string of the molecule is CCc1cc(Cc2cn(C)nc2-c2ccc(F)cc2[C@@H](C)Oc2cc(Br)cnc2[N+](=O)[O-])n(C)n1. The predicted octanol–water partition coefficient (Wildman–Crippen LogP) is 5.32. The lowest BCUT2D eigenvalue weighted by Crippen LogP contribution is -2.08. The Bertz CT molecular complexity index is 1400. The third kappa shape index (κ3) is 5.24. The van der Waals surface area contributed by atoms with Crippen molar-refractivity contribution in [2.24, 2.45) is 14.1 Å². The molecule has 0 radical (unpaired) electrons. The van der Waals surface area contributed by atoms with Gasteiger partial charge in [0.15, 0.2) is 6.20 Å². The first-order valence-corrected chi connectivity index (χ1v) is 11.8. The van der Waals surface area contributed by atoms with Crippen molar-refractivity contribution in [2.45, 2.75) is 32.8 Å². The van der Waals surface area contributed by atoms with E-state index < -0.39 is 22.7 Å². The molecule has 0 amide bonds. The Morgan fingerprint density at radius 3 is 2.69 bits per heavy atom. The third-order valence-corrected chi connectivity index (χ3v) is 6.08. The fourth-order valence-electron chi connectivity index (χ4n) is 3.98. The van der Waals surface area contributed by atoms with Crippen LogP contribution in [-0.4, -0.2) is 29.5 Å². The molecule has 0 aliphatic rings. The van der Waals surface area contributed by atoms with E-state index >= 15 is 0 Å². The Morgan fingerprint density at radius 2 is 2.00 bits per heavy atom. The van der Waals surface area contributed by atoms with E-state index in [4.69, 9.17) is 4.74 Å². The van der Waals surface area contributed by atoms with Gasteiger partial charge in [-0.3, -0.25) is 9.36 Å². The first-order chi connectivity index (χ1) is 16.7. The highest BCUT2D eigenvalue weighted by Crippen LogP contribution is 2.36. The van der Waals surface area contributed by atoms with Crippen molar-refractivity contribution in [2.75, 3.05) is 0 Å². The van der Waals surface area contributed by atoms with Gasteiger partial charge in [0, 0.05) is 55.2 Å². The second-order valence-electron chi connectivity index (χ2n) is 8.18. The number of ether oxygens (including phenoxy) is 1. The molecule has 0 spiro atoms. The minimum absolute atomic E-state index is 0.0182. The Morgan fingerprint density at radius 1 is 1.23 bits per heavy atom. The molecule has 0 aliphatic heterocycles. The summed E-state index contributed by atoms with van der Waals surface area (Å²) in [5, 5.41) is 20.6. The monoisotopic (exact) mass is 542 g/mol. The standard InChI is InChI=1S/C24H24BrFN6O3/c1-5-18-11-19(31(4)28-18)8-15-13-30(3)29-23(15)20-7-6-17(26)10-21(20)14(2)35-22-9-16(25)12-27-24(22)32(33)34/h6-7,9-14H,5,8H2,1-4H3/t14-/m1/s1. The summed E-state index contributed by atoms with van der Waals surface area (Å²) in [6, 6.07) is 7.93. The molecule has 4 aromatic rings. The molecule has 11 heteroatoms. The number of rotatable bonds is 8. The highest BCUT2D eigenvalue weighted by atomic mass is 79.9. The van der Waals surface area contributed by atoms with Crippen LogP contribution in [-0.2, 0) is 26.9 Å². The van der Waals surface area contributed by atoms with E-state index in [2.05, 4.69) is 44.1 Å². The first kappa shape index (κ1) is 24.5. The molecule has 0 fully saturated rings. The van der Waals surface area contributed by atoms with Crippen LogP contribution in [0.25, 0.3) is 11.3 Å². The summed E-state index contributed by atoms with van der Waals surface area (Å²) >= 11 is 3.27. The lowest BCUT2D eigenvalue weighted by Gasteiger charge is -2.18. The summed E-state index contributed by atoms with van der Waals surface area (Å²) in [5.74, 6) is -0.882. The summed E-state index contributed by atoms with van der Waals surface area (Å²) in [5.41, 5.74) is 4.84. The molecule has 1 aromatic carbocycles. The van der Waals surface area contributed by atoms with Crippen molar-refractivity contribution in [1.29, 1.82) is 0 Å². The summed E-state index contributed by atoms with van der Waals surface area (Å²) in [4.78, 5) is 14.7. The number of aromatic nitrogens is 5. The lowest BCUT2D eigenvalue weighted by molar-refractivity contribution is -0.390. The van der Waals surface area contributed by atoms with E-state index in [0.29, 0.717) is 27.7 Å². The summed E-state index contributed by atoms with van der Waals surface area (Å²) in [6.45, 7) is 3.76. The van der Waals surface area contributed by atoms with Crippen molar-refractivity contribution < 1.29 is 14.1 Å². The van der Waals surface area contributed by atoms with Gasteiger partial charge in [-0.15, -0.1) is 0 Å². The van der Waals surface area contributed by atoms with Crippen LogP contribution in [0.3, 0.4) is 0 Å². The van der Waals surface area contributed by atoms with Crippen LogP contribution in [0.15, 0.2) is 47.2 Å². The van der Waals surface area contributed by atoms with Crippen LogP contribution in [0.4, 0.5) is 10.2 Å². The van der Waals surface area contributed by atoms with Gasteiger partial charge in [0.1, 0.15) is 11.9 Å². The summed E-state index contributed by atoms with van der Waals surface area (Å²) in [6.07, 6.45) is 3.94. The van der Waals surface area contributed by atoms with Gasteiger partial charge in [0.2, 0.25) is 5.75 Å². The zero-order chi connectivity index (χ0) is 25.3. The molecule has 1 atom stereocenters. The number of pyridine rings is 1. The molecule has 9 nitrogen and oxygen atoms in total. The number of hydrogen-bond acceptors (Lipinski definition) is 6. The number of hydrogen-bond donors (Lipinski definition) is 0. The molecule has 0 N–H and O–H groups in total. The molecular weight excluding hydrogens is 519 g/mol. The minimum atomic E-state index is -0.728. The van der Waals surface area contributed by atoms with Crippen molar-refractivity contribution >= 4 is 21.7 Å². The largest absolute Gasteiger partial charge is 0.478 e. The second-order valence-corrected chi connectivity index (χ2v) is 9.10. The van der Waals surface area contributed by atoms with Crippen LogP contribution in [0.2, 0.25) is 0 Å². The van der Waals surface area contributed by atoms with Gasteiger partial charge in [0.05, 0.1) is 15.9 Å². The first-order valence-electron chi connectivity index (χ1n) is 11.0. The molecule has 0 aliphatic carbocycles. The fourth-order valence-corrected chi connectivity index (χ4v) is 4.29. The van der Waals surface area contributed by atoms with E-state index in [1.54, 1.807) is 17.7 Å². The molecule has 0 saturated carbocycles. The summed E-state index contributed by atoms with van der Waals surface area (Å²) < 4.78 is 24.4. The van der Waals surface area contributed by atoms with E-state index in [0.717, 1.165) is 23.4 Å². The smallest absolute Gasteiger partial charge is 0.406 e. The van der Waals surface area contributed by atoms with Crippen molar-refractivity contribution in [3.63, 3.8) is 0 Å². The average molecular weight is 543 g/mol. The van der Waals surface area contributed by atoms with E-state index in [1.807, 2.05) is 25.0 Å². The maximum atomic E-state index is 14.4. The lowest BCUT2D eigenvalue weighted by atomic mass is 9.96. The zero-order valence-electron chi connectivity index (χ0n) is 19.7. The van der Waals surface area contributed by atoms with Crippen molar-refractivity contribution in [1.82, 2.24) is 24.5 Å². The van der Waals surface area contributed by atoms with Crippen molar-refractivity contribution in [3.8, 4) is 17.0 Å².